The van der Waals surface area contributed by atoms with Crippen LogP contribution in [0.25, 0.3) is 0 Å². The molecular formula is C20H17N3OS2. The molecule has 2 aromatic carbocycles. The quantitative estimate of drug-likeness (QED) is 0.629. The Morgan fingerprint density at radius 3 is 2.58 bits per heavy atom. The molecule has 0 fully saturated rings. The number of benzene rings is 2. The van der Waals surface area contributed by atoms with E-state index in [1.807, 2.05) is 59.6 Å². The second-order valence-electron chi connectivity index (χ2n) is 5.94. The number of nitrogens with one attached hydrogen (secondary N) is 1. The number of thiocarbonyl (C=S) groups is 1. The molecule has 1 atom stereocenters. The largest absolute Gasteiger partial charge is 0.507 e. The van der Waals surface area contributed by atoms with Gasteiger partial charge in [0.05, 0.1) is 11.8 Å². The van der Waals surface area contributed by atoms with Crippen molar-refractivity contribution >= 4 is 40.1 Å². The number of aromatic hydroxyl groups is 1. The average Bonchev–Trinajstić information content (AvgIpc) is 3.32. The Bertz CT molecular complexity index is 939. The summed E-state index contributed by atoms with van der Waals surface area (Å²) in [5, 5.41) is 22.6. The zero-order valence-electron chi connectivity index (χ0n) is 13.9. The van der Waals surface area contributed by atoms with Gasteiger partial charge >= 0.3 is 0 Å². The summed E-state index contributed by atoms with van der Waals surface area (Å²) in [6.45, 7) is 0. The highest BCUT2D eigenvalue weighted by Gasteiger charge is 2.32. The maximum Gasteiger partial charge on any atom is 0.194 e. The van der Waals surface area contributed by atoms with Crippen molar-refractivity contribution in [2.45, 2.75) is 12.5 Å². The highest BCUT2D eigenvalue weighted by Crippen LogP contribution is 2.36. The maximum atomic E-state index is 10.2. The van der Waals surface area contributed by atoms with Crippen LogP contribution in [0.1, 0.15) is 22.9 Å². The standard InChI is InChI=1S/C20H17N3OS2/c24-18-10-5-4-9-15(18)16-13-17(19-11-6-12-26-19)23(22-16)20(25)21-14-7-2-1-3-8-14/h1-12,17,24H,13H2,(H,21,25)/t17-/m0/s1. The summed E-state index contributed by atoms with van der Waals surface area (Å²) < 4.78 is 0. The van der Waals surface area contributed by atoms with Crippen LogP contribution in [0.3, 0.4) is 0 Å². The molecular weight excluding hydrogens is 362 g/mol. The molecule has 0 unspecified atom stereocenters. The van der Waals surface area contributed by atoms with Crippen molar-refractivity contribution < 1.29 is 5.11 Å². The van der Waals surface area contributed by atoms with E-state index in [9.17, 15) is 5.11 Å². The van der Waals surface area contributed by atoms with Gasteiger partial charge in [-0.05, 0) is 47.9 Å². The summed E-state index contributed by atoms with van der Waals surface area (Å²) in [6, 6.07) is 21.3. The predicted octanol–water partition coefficient (Wildman–Crippen LogP) is 5.00. The lowest BCUT2D eigenvalue weighted by molar-refractivity contribution is 0.380. The monoisotopic (exact) mass is 379 g/mol. The van der Waals surface area contributed by atoms with Crippen molar-refractivity contribution in [3.05, 3.63) is 82.6 Å². The molecule has 4 rings (SSSR count). The molecule has 2 N–H and O–H groups in total. The highest BCUT2D eigenvalue weighted by atomic mass is 32.1. The van der Waals surface area contributed by atoms with E-state index in [1.54, 1.807) is 17.4 Å². The highest BCUT2D eigenvalue weighted by molar-refractivity contribution is 7.80. The summed E-state index contributed by atoms with van der Waals surface area (Å²) >= 11 is 7.32. The second kappa shape index (κ2) is 7.27. The van der Waals surface area contributed by atoms with Gasteiger partial charge in [-0.25, -0.2) is 5.01 Å². The lowest BCUT2D eigenvalue weighted by atomic mass is 10.0. The predicted molar refractivity (Wildman–Crippen MR) is 111 cm³/mol. The summed E-state index contributed by atoms with van der Waals surface area (Å²) in [4.78, 5) is 1.19. The SMILES string of the molecule is Oc1ccccc1C1=NN(C(=S)Nc2ccccc2)[C@H](c2cccs2)C1. The third-order valence-electron chi connectivity index (χ3n) is 4.23. The van der Waals surface area contributed by atoms with Crippen molar-refractivity contribution in [3.63, 3.8) is 0 Å². The van der Waals surface area contributed by atoms with Gasteiger partial charge in [0.15, 0.2) is 5.11 Å². The van der Waals surface area contributed by atoms with Gasteiger partial charge in [-0.3, -0.25) is 0 Å². The first-order valence-corrected chi connectivity index (χ1v) is 9.55. The minimum atomic E-state index is 0.0216. The van der Waals surface area contributed by atoms with Gasteiger partial charge in [-0.15, -0.1) is 11.3 Å². The van der Waals surface area contributed by atoms with Crippen LogP contribution in [0.4, 0.5) is 5.69 Å². The molecule has 4 nitrogen and oxygen atoms in total. The molecule has 0 aliphatic carbocycles. The van der Waals surface area contributed by atoms with E-state index in [0.717, 1.165) is 17.0 Å². The number of nitrogens with zero attached hydrogens (tertiary/aromatic N) is 2. The molecule has 1 aromatic heterocycles. The Balaban J connectivity index is 1.66. The Morgan fingerprint density at radius 2 is 1.85 bits per heavy atom. The van der Waals surface area contributed by atoms with Crippen LogP contribution in [-0.4, -0.2) is 20.9 Å². The number of thiophene rings is 1. The van der Waals surface area contributed by atoms with Crippen LogP contribution >= 0.6 is 23.6 Å². The first kappa shape index (κ1) is 16.8. The lowest BCUT2D eigenvalue weighted by Crippen LogP contribution is -2.30. The van der Waals surface area contributed by atoms with Gasteiger partial charge < -0.3 is 10.4 Å². The van der Waals surface area contributed by atoms with Crippen LogP contribution in [0, 0.1) is 0 Å². The Morgan fingerprint density at radius 1 is 1.08 bits per heavy atom. The van der Waals surface area contributed by atoms with Crippen molar-refractivity contribution in [3.8, 4) is 5.75 Å². The fourth-order valence-electron chi connectivity index (χ4n) is 2.98. The number of hydrazone groups is 1. The second-order valence-corrected chi connectivity index (χ2v) is 7.31. The molecule has 26 heavy (non-hydrogen) atoms. The number of para-hydroxylation sites is 2. The molecule has 0 amide bonds. The van der Waals surface area contributed by atoms with Crippen molar-refractivity contribution in [1.82, 2.24) is 5.01 Å². The van der Waals surface area contributed by atoms with Crippen LogP contribution < -0.4 is 5.32 Å². The molecule has 0 saturated carbocycles. The molecule has 130 valence electrons. The van der Waals surface area contributed by atoms with E-state index in [-0.39, 0.29) is 11.8 Å². The van der Waals surface area contributed by atoms with Gasteiger partial charge in [0.2, 0.25) is 0 Å². The Hall–Kier alpha value is -2.70. The first-order chi connectivity index (χ1) is 12.7. The topological polar surface area (TPSA) is 47.9 Å². The van der Waals surface area contributed by atoms with Gasteiger partial charge in [0, 0.05) is 22.5 Å². The summed E-state index contributed by atoms with van der Waals surface area (Å²) in [6.07, 6.45) is 0.689. The number of hydrogen-bond acceptors (Lipinski definition) is 4. The van der Waals surface area contributed by atoms with E-state index in [2.05, 4.69) is 16.8 Å². The van der Waals surface area contributed by atoms with E-state index in [1.165, 1.54) is 4.88 Å². The minimum absolute atomic E-state index is 0.0216. The molecule has 0 bridgehead atoms. The fraction of sp³-hybridized carbons (Fsp3) is 0.100. The third kappa shape index (κ3) is 3.34. The van der Waals surface area contributed by atoms with Gasteiger partial charge in [0.1, 0.15) is 5.75 Å². The zero-order valence-corrected chi connectivity index (χ0v) is 15.5. The van der Waals surface area contributed by atoms with Gasteiger partial charge in [0.25, 0.3) is 0 Å². The van der Waals surface area contributed by atoms with Crippen molar-refractivity contribution in [1.29, 1.82) is 0 Å². The molecule has 2 heterocycles. The minimum Gasteiger partial charge on any atom is -0.507 e. The number of anilines is 1. The normalized spacial score (nSPS) is 16.4. The van der Waals surface area contributed by atoms with E-state index < -0.39 is 0 Å². The zero-order chi connectivity index (χ0) is 17.9. The summed E-state index contributed by atoms with van der Waals surface area (Å²) in [5.74, 6) is 0.236. The van der Waals surface area contributed by atoms with Crippen LogP contribution in [0.15, 0.2) is 77.2 Å². The molecule has 1 aliphatic heterocycles. The van der Waals surface area contributed by atoms with Gasteiger partial charge in [-0.1, -0.05) is 36.4 Å². The maximum absolute atomic E-state index is 10.2. The van der Waals surface area contributed by atoms with Crippen LogP contribution in [0.5, 0.6) is 5.75 Å². The molecule has 0 radical (unpaired) electrons. The van der Waals surface area contributed by atoms with E-state index in [4.69, 9.17) is 17.3 Å². The Labute approximate surface area is 161 Å². The first-order valence-electron chi connectivity index (χ1n) is 8.27. The number of hydrogen-bond donors (Lipinski definition) is 2. The third-order valence-corrected chi connectivity index (χ3v) is 5.49. The number of rotatable bonds is 3. The van der Waals surface area contributed by atoms with E-state index in [0.29, 0.717) is 11.5 Å². The molecule has 6 heteroatoms. The molecule has 0 saturated heterocycles. The average molecular weight is 380 g/mol. The van der Waals surface area contributed by atoms with E-state index >= 15 is 0 Å². The van der Waals surface area contributed by atoms with Crippen molar-refractivity contribution in [2.24, 2.45) is 5.10 Å². The molecule has 0 spiro atoms. The number of phenolic OH excluding ortho intramolecular Hbond substituents is 1. The summed E-state index contributed by atoms with van der Waals surface area (Å²) in [5.41, 5.74) is 2.51. The number of phenols is 1. The smallest absolute Gasteiger partial charge is 0.194 e. The summed E-state index contributed by atoms with van der Waals surface area (Å²) in [7, 11) is 0. The Kier molecular flexibility index (Phi) is 4.69. The molecule has 1 aliphatic rings. The lowest BCUT2D eigenvalue weighted by Gasteiger charge is -2.23. The van der Waals surface area contributed by atoms with Gasteiger partial charge in [-0.2, -0.15) is 5.10 Å². The molecule has 3 aromatic rings. The van der Waals surface area contributed by atoms with Crippen LogP contribution in [0.2, 0.25) is 0 Å². The van der Waals surface area contributed by atoms with Crippen LogP contribution in [-0.2, 0) is 0 Å². The fourth-order valence-corrected chi connectivity index (χ4v) is 4.08. The van der Waals surface area contributed by atoms with Crippen molar-refractivity contribution in [2.75, 3.05) is 5.32 Å².